The van der Waals surface area contributed by atoms with Crippen LogP contribution in [0.5, 0.6) is 0 Å². The van der Waals surface area contributed by atoms with E-state index in [2.05, 4.69) is 24.1 Å². The molecule has 0 saturated carbocycles. The first kappa shape index (κ1) is 21.0. The number of carbonyl (C=O) groups excluding carboxylic acids is 1. The summed E-state index contributed by atoms with van der Waals surface area (Å²) in [6.07, 6.45) is 3.12. The second-order valence-electron chi connectivity index (χ2n) is 7.48. The number of anilines is 1. The number of hydrogen-bond acceptors (Lipinski definition) is 4. The van der Waals surface area contributed by atoms with E-state index in [9.17, 15) is 9.59 Å². The summed E-state index contributed by atoms with van der Waals surface area (Å²) < 4.78 is 1.42. The van der Waals surface area contributed by atoms with Gasteiger partial charge in [-0.1, -0.05) is 62.4 Å². The van der Waals surface area contributed by atoms with Crippen LogP contribution in [0.25, 0.3) is 20.7 Å². The van der Waals surface area contributed by atoms with Crippen molar-refractivity contribution in [2.24, 2.45) is 0 Å². The van der Waals surface area contributed by atoms with Crippen LogP contribution in [0.1, 0.15) is 37.9 Å². The molecule has 2 aromatic carbocycles. The van der Waals surface area contributed by atoms with Crippen molar-refractivity contribution >= 4 is 33.1 Å². The fourth-order valence-electron chi connectivity index (χ4n) is 3.71. The predicted octanol–water partition coefficient (Wildman–Crippen LogP) is 5.45. The van der Waals surface area contributed by atoms with Gasteiger partial charge >= 0.3 is 0 Å². The Kier molecular flexibility index (Phi) is 6.00. The molecule has 0 bridgehead atoms. The highest BCUT2D eigenvalue weighted by Gasteiger charge is 2.20. The smallest absolute Gasteiger partial charge is 0.262 e. The zero-order valence-electron chi connectivity index (χ0n) is 17.9. The van der Waals surface area contributed by atoms with Crippen LogP contribution in [-0.4, -0.2) is 15.5 Å². The molecule has 0 saturated heterocycles. The molecule has 31 heavy (non-hydrogen) atoms. The number of aryl methyl sites for hydroxylation is 2. The zero-order valence-corrected chi connectivity index (χ0v) is 18.7. The number of para-hydroxylation sites is 1. The normalized spacial score (nSPS) is 12.1. The summed E-state index contributed by atoms with van der Waals surface area (Å²) in [4.78, 5) is 32.4. The number of benzene rings is 2. The molecule has 1 N–H and O–H groups in total. The van der Waals surface area contributed by atoms with Gasteiger partial charge in [-0.15, -0.1) is 11.3 Å². The Hall–Kier alpha value is -3.25. The number of fused-ring (bicyclic) bond motifs is 1. The van der Waals surface area contributed by atoms with Crippen molar-refractivity contribution in [3.63, 3.8) is 0 Å². The second-order valence-corrected chi connectivity index (χ2v) is 8.51. The molecule has 158 valence electrons. The molecule has 5 nitrogen and oxygen atoms in total. The van der Waals surface area contributed by atoms with E-state index >= 15 is 0 Å². The van der Waals surface area contributed by atoms with Crippen LogP contribution in [-0.2, 0) is 17.6 Å². The Morgan fingerprint density at radius 3 is 2.39 bits per heavy atom. The molecule has 0 aliphatic heterocycles. The average Bonchev–Trinajstić information content (AvgIpc) is 3.25. The fraction of sp³-hybridized carbons (Fsp3) is 0.240. The van der Waals surface area contributed by atoms with Crippen molar-refractivity contribution in [1.29, 1.82) is 0 Å². The molecule has 0 spiro atoms. The highest BCUT2D eigenvalue weighted by atomic mass is 32.1. The van der Waals surface area contributed by atoms with Gasteiger partial charge in [-0.3, -0.25) is 14.2 Å². The monoisotopic (exact) mass is 431 g/mol. The lowest BCUT2D eigenvalue weighted by atomic mass is 10.0. The number of hydrogen-bond donors (Lipinski definition) is 1. The van der Waals surface area contributed by atoms with E-state index in [0.717, 1.165) is 40.1 Å². The SMILES string of the molecule is CCc1cccc(CC)c1NC(=O)C(C)n1cnc2sc(-c3ccccc3)cc2c1=O. The van der Waals surface area contributed by atoms with E-state index < -0.39 is 6.04 Å². The molecule has 4 rings (SSSR count). The number of amides is 1. The molecule has 1 amide bonds. The van der Waals surface area contributed by atoms with E-state index in [1.165, 1.54) is 22.2 Å². The largest absolute Gasteiger partial charge is 0.324 e. The summed E-state index contributed by atoms with van der Waals surface area (Å²) in [7, 11) is 0. The highest BCUT2D eigenvalue weighted by molar-refractivity contribution is 7.21. The maximum absolute atomic E-state index is 13.2. The zero-order chi connectivity index (χ0) is 22.0. The van der Waals surface area contributed by atoms with Crippen molar-refractivity contribution in [3.8, 4) is 10.4 Å². The number of thiophene rings is 1. The van der Waals surface area contributed by atoms with Gasteiger partial charge in [0.2, 0.25) is 5.91 Å². The molecule has 2 aromatic heterocycles. The number of aromatic nitrogens is 2. The fourth-order valence-corrected chi connectivity index (χ4v) is 4.71. The van der Waals surface area contributed by atoms with E-state index in [0.29, 0.717) is 10.2 Å². The van der Waals surface area contributed by atoms with Crippen LogP contribution < -0.4 is 10.9 Å². The molecule has 1 atom stereocenters. The Labute approximate surface area is 185 Å². The lowest BCUT2D eigenvalue weighted by molar-refractivity contribution is -0.118. The summed E-state index contributed by atoms with van der Waals surface area (Å²) in [5.41, 5.74) is 3.88. The van der Waals surface area contributed by atoms with Gasteiger partial charge in [0.15, 0.2) is 0 Å². The number of carbonyl (C=O) groups is 1. The minimum atomic E-state index is -0.681. The summed E-state index contributed by atoms with van der Waals surface area (Å²) in [5.74, 6) is -0.225. The van der Waals surface area contributed by atoms with E-state index in [4.69, 9.17) is 0 Å². The quantitative estimate of drug-likeness (QED) is 0.441. The van der Waals surface area contributed by atoms with Crippen LogP contribution >= 0.6 is 11.3 Å². The van der Waals surface area contributed by atoms with Crippen LogP contribution in [0, 0.1) is 0 Å². The number of rotatable bonds is 6. The third-order valence-electron chi connectivity index (χ3n) is 5.58. The Morgan fingerprint density at radius 2 is 1.74 bits per heavy atom. The van der Waals surface area contributed by atoms with Crippen molar-refractivity contribution in [1.82, 2.24) is 9.55 Å². The first-order valence-corrected chi connectivity index (χ1v) is 11.3. The molecular formula is C25H25N3O2S. The van der Waals surface area contributed by atoms with Gasteiger partial charge in [0.1, 0.15) is 10.9 Å². The van der Waals surface area contributed by atoms with Crippen LogP contribution in [0.4, 0.5) is 5.69 Å². The lowest BCUT2D eigenvalue weighted by Crippen LogP contribution is -2.32. The molecule has 4 aromatic rings. The van der Waals surface area contributed by atoms with E-state index in [-0.39, 0.29) is 11.5 Å². The van der Waals surface area contributed by atoms with Crippen molar-refractivity contribution < 1.29 is 4.79 Å². The van der Waals surface area contributed by atoms with Gasteiger partial charge in [0.05, 0.1) is 11.7 Å². The van der Waals surface area contributed by atoms with Crippen molar-refractivity contribution in [2.45, 2.75) is 39.7 Å². The minimum Gasteiger partial charge on any atom is -0.324 e. The molecule has 0 fully saturated rings. The second kappa shape index (κ2) is 8.86. The van der Waals surface area contributed by atoms with Crippen LogP contribution in [0.2, 0.25) is 0 Å². The summed E-state index contributed by atoms with van der Waals surface area (Å²) in [5, 5.41) is 3.60. The van der Waals surface area contributed by atoms with Crippen molar-refractivity contribution in [3.05, 3.63) is 82.4 Å². The summed E-state index contributed by atoms with van der Waals surface area (Å²) in [6, 6.07) is 17.2. The Morgan fingerprint density at radius 1 is 1.06 bits per heavy atom. The number of nitrogens with zero attached hydrogens (tertiary/aromatic N) is 2. The predicted molar refractivity (Wildman–Crippen MR) is 128 cm³/mol. The molecule has 1 unspecified atom stereocenters. The molecule has 6 heteroatoms. The van der Waals surface area contributed by atoms with Gasteiger partial charge in [-0.05, 0) is 42.5 Å². The summed E-state index contributed by atoms with van der Waals surface area (Å²) >= 11 is 1.48. The van der Waals surface area contributed by atoms with Crippen LogP contribution in [0.3, 0.4) is 0 Å². The van der Waals surface area contributed by atoms with E-state index in [1.807, 2.05) is 54.6 Å². The molecule has 2 heterocycles. The Balaban J connectivity index is 1.67. The van der Waals surface area contributed by atoms with Gasteiger partial charge in [0, 0.05) is 10.6 Å². The number of nitrogens with one attached hydrogen (secondary N) is 1. The van der Waals surface area contributed by atoms with Crippen molar-refractivity contribution in [2.75, 3.05) is 5.32 Å². The van der Waals surface area contributed by atoms with Gasteiger partial charge in [-0.2, -0.15) is 0 Å². The maximum atomic E-state index is 13.2. The highest BCUT2D eigenvalue weighted by Crippen LogP contribution is 2.31. The maximum Gasteiger partial charge on any atom is 0.262 e. The average molecular weight is 432 g/mol. The van der Waals surface area contributed by atoms with Gasteiger partial charge in [-0.25, -0.2) is 4.98 Å². The summed E-state index contributed by atoms with van der Waals surface area (Å²) in [6.45, 7) is 5.86. The van der Waals surface area contributed by atoms with E-state index in [1.54, 1.807) is 6.92 Å². The third-order valence-corrected chi connectivity index (χ3v) is 6.67. The standard InChI is InChI=1S/C25H25N3O2S/c1-4-17-12-9-13-18(5-2)22(17)27-23(29)16(3)28-15-26-24-20(25(28)30)14-21(31-24)19-10-7-6-8-11-19/h6-16H,4-5H2,1-3H3,(H,27,29). The van der Waals surface area contributed by atoms with Crippen LogP contribution in [0.15, 0.2) is 65.7 Å². The molecule has 0 radical (unpaired) electrons. The van der Waals surface area contributed by atoms with Gasteiger partial charge in [0.25, 0.3) is 5.56 Å². The Bertz CT molecular complexity index is 1270. The van der Waals surface area contributed by atoms with Gasteiger partial charge < -0.3 is 5.32 Å². The third kappa shape index (κ3) is 4.03. The topological polar surface area (TPSA) is 64.0 Å². The lowest BCUT2D eigenvalue weighted by Gasteiger charge is -2.18. The molecule has 0 aliphatic carbocycles. The first-order chi connectivity index (χ1) is 15.0. The molecular weight excluding hydrogens is 406 g/mol. The first-order valence-electron chi connectivity index (χ1n) is 10.5. The molecule has 0 aliphatic rings. The minimum absolute atomic E-state index is 0.203.